The van der Waals surface area contributed by atoms with Gasteiger partial charge in [-0.3, -0.25) is 9.59 Å². The van der Waals surface area contributed by atoms with Gasteiger partial charge in [0.2, 0.25) is 5.91 Å². The van der Waals surface area contributed by atoms with Gasteiger partial charge in [0.05, 0.1) is 23.7 Å². The molecule has 150 valence electrons. The molecule has 1 atom stereocenters. The number of benzene rings is 2. The van der Waals surface area contributed by atoms with Crippen molar-refractivity contribution < 1.29 is 19.1 Å². The Labute approximate surface area is 167 Å². The van der Waals surface area contributed by atoms with E-state index < -0.39 is 0 Å². The van der Waals surface area contributed by atoms with Crippen LogP contribution in [0, 0.1) is 0 Å². The lowest BCUT2D eigenvalue weighted by molar-refractivity contribution is -0.123. The van der Waals surface area contributed by atoms with Gasteiger partial charge in [-0.1, -0.05) is 18.2 Å². The summed E-state index contributed by atoms with van der Waals surface area (Å²) in [5.74, 6) is 1.13. The molecule has 1 unspecified atom stereocenters. The van der Waals surface area contributed by atoms with E-state index in [1.54, 1.807) is 12.1 Å². The van der Waals surface area contributed by atoms with Crippen molar-refractivity contribution in [3.8, 4) is 5.75 Å². The zero-order valence-corrected chi connectivity index (χ0v) is 16.1. The van der Waals surface area contributed by atoms with E-state index in [0.717, 1.165) is 16.9 Å². The van der Waals surface area contributed by atoms with Crippen LogP contribution in [-0.2, 0) is 20.9 Å². The summed E-state index contributed by atoms with van der Waals surface area (Å²) >= 11 is 0. The van der Waals surface area contributed by atoms with Crippen LogP contribution in [0.25, 0.3) is 11.0 Å². The number of para-hydroxylation sites is 1. The zero-order chi connectivity index (χ0) is 20.2. The summed E-state index contributed by atoms with van der Waals surface area (Å²) in [4.78, 5) is 28.1. The molecule has 0 saturated carbocycles. The predicted molar refractivity (Wildman–Crippen MR) is 108 cm³/mol. The predicted octanol–water partition coefficient (Wildman–Crippen LogP) is 2.26. The summed E-state index contributed by atoms with van der Waals surface area (Å²) in [6.07, 6.45) is 0. The fraction of sp³-hybridized carbons (Fsp3) is 0.286. The number of imidazole rings is 1. The molecule has 0 bridgehead atoms. The van der Waals surface area contributed by atoms with E-state index in [0.29, 0.717) is 31.2 Å². The lowest BCUT2D eigenvalue weighted by atomic mass is 10.2. The van der Waals surface area contributed by atoms with Gasteiger partial charge in [-0.15, -0.1) is 0 Å². The topological polar surface area (TPSA) is 94.5 Å². The first kappa shape index (κ1) is 18.9. The van der Waals surface area contributed by atoms with Gasteiger partial charge in [0.1, 0.15) is 18.2 Å². The quantitative estimate of drug-likeness (QED) is 0.669. The number of nitrogens with zero attached hydrogens (tertiary/aromatic N) is 2. The van der Waals surface area contributed by atoms with Gasteiger partial charge >= 0.3 is 0 Å². The molecule has 2 aromatic carbocycles. The van der Waals surface area contributed by atoms with Crippen molar-refractivity contribution in [2.45, 2.75) is 19.6 Å². The van der Waals surface area contributed by atoms with Crippen LogP contribution >= 0.6 is 0 Å². The molecule has 29 heavy (non-hydrogen) atoms. The van der Waals surface area contributed by atoms with Crippen LogP contribution in [0.5, 0.6) is 5.75 Å². The van der Waals surface area contributed by atoms with Crippen LogP contribution in [0.15, 0.2) is 48.5 Å². The summed E-state index contributed by atoms with van der Waals surface area (Å²) in [7, 11) is 0. The molecule has 1 aliphatic rings. The molecular formula is C21H22N4O4. The number of ether oxygens (including phenoxy) is 2. The number of hydrogen-bond donors (Lipinski definition) is 2. The third-order valence-electron chi connectivity index (χ3n) is 4.64. The van der Waals surface area contributed by atoms with Crippen LogP contribution in [0.1, 0.15) is 18.8 Å². The first-order chi connectivity index (χ1) is 14.1. The summed E-state index contributed by atoms with van der Waals surface area (Å²) < 4.78 is 13.2. The molecule has 1 aromatic heterocycles. The SMILES string of the molecule is CC(=O)Nc1ccc2c(c1)nc1n2C(CNC(=O)COc2ccccc2)COC1. The fourth-order valence-corrected chi connectivity index (χ4v) is 3.40. The van der Waals surface area contributed by atoms with Gasteiger partial charge < -0.3 is 24.7 Å². The Kier molecular flexibility index (Phi) is 5.44. The van der Waals surface area contributed by atoms with Gasteiger partial charge in [-0.25, -0.2) is 4.98 Å². The summed E-state index contributed by atoms with van der Waals surface area (Å²) in [6, 6.07) is 14.8. The standard InChI is InChI=1S/C21H22N4O4/c1-14(26)23-15-7-8-19-18(9-15)24-20-12-28-11-16(25(19)20)10-22-21(27)13-29-17-5-3-2-4-6-17/h2-9,16H,10-13H2,1H3,(H,22,27)(H,23,26). The minimum Gasteiger partial charge on any atom is -0.484 e. The number of hydrogen-bond acceptors (Lipinski definition) is 5. The van der Waals surface area contributed by atoms with Crippen LogP contribution in [0.4, 0.5) is 5.69 Å². The molecule has 2 heterocycles. The van der Waals surface area contributed by atoms with Crippen molar-refractivity contribution in [3.63, 3.8) is 0 Å². The minimum absolute atomic E-state index is 0.0464. The Morgan fingerprint density at radius 2 is 2.07 bits per heavy atom. The van der Waals surface area contributed by atoms with Crippen molar-refractivity contribution in [1.82, 2.24) is 14.9 Å². The molecule has 4 rings (SSSR count). The van der Waals surface area contributed by atoms with E-state index in [1.165, 1.54) is 6.92 Å². The van der Waals surface area contributed by atoms with Crippen LogP contribution < -0.4 is 15.4 Å². The Balaban J connectivity index is 1.43. The van der Waals surface area contributed by atoms with Crippen molar-refractivity contribution >= 4 is 28.5 Å². The molecule has 8 heteroatoms. The van der Waals surface area contributed by atoms with E-state index >= 15 is 0 Å². The van der Waals surface area contributed by atoms with Crippen molar-refractivity contribution in [3.05, 3.63) is 54.4 Å². The monoisotopic (exact) mass is 394 g/mol. The Hall–Kier alpha value is -3.39. The van der Waals surface area contributed by atoms with Gasteiger partial charge in [0.15, 0.2) is 6.61 Å². The molecule has 0 saturated heterocycles. The number of amides is 2. The van der Waals surface area contributed by atoms with Crippen LogP contribution in [0.3, 0.4) is 0 Å². The molecule has 0 spiro atoms. The van der Waals surface area contributed by atoms with Gasteiger partial charge in [-0.05, 0) is 30.3 Å². The molecule has 1 aliphatic heterocycles. The summed E-state index contributed by atoms with van der Waals surface area (Å²) in [6.45, 7) is 2.71. The molecule has 2 amide bonds. The summed E-state index contributed by atoms with van der Waals surface area (Å²) in [5, 5.41) is 5.67. The number of fused-ring (bicyclic) bond motifs is 3. The molecule has 0 fully saturated rings. The van der Waals surface area contributed by atoms with Crippen molar-refractivity contribution in [1.29, 1.82) is 0 Å². The normalized spacial score (nSPS) is 15.6. The number of carbonyl (C=O) groups is 2. The van der Waals surface area contributed by atoms with Gasteiger partial charge in [-0.2, -0.15) is 0 Å². The maximum Gasteiger partial charge on any atom is 0.258 e. The van der Waals surface area contributed by atoms with Gasteiger partial charge in [0.25, 0.3) is 5.91 Å². The van der Waals surface area contributed by atoms with E-state index in [1.807, 2.05) is 36.4 Å². The largest absolute Gasteiger partial charge is 0.484 e. The maximum atomic E-state index is 12.2. The minimum atomic E-state index is -0.196. The van der Waals surface area contributed by atoms with Crippen molar-refractivity contribution in [2.24, 2.45) is 0 Å². The van der Waals surface area contributed by atoms with Crippen molar-refractivity contribution in [2.75, 3.05) is 25.1 Å². The average Bonchev–Trinajstić information content (AvgIpc) is 3.09. The molecule has 0 aliphatic carbocycles. The van der Waals surface area contributed by atoms with Crippen LogP contribution in [-0.4, -0.2) is 41.1 Å². The number of carbonyl (C=O) groups excluding carboxylic acids is 2. The van der Waals surface area contributed by atoms with E-state index in [2.05, 4.69) is 20.2 Å². The van der Waals surface area contributed by atoms with E-state index in [4.69, 9.17) is 9.47 Å². The molecule has 8 nitrogen and oxygen atoms in total. The lowest BCUT2D eigenvalue weighted by Crippen LogP contribution is -2.37. The maximum absolute atomic E-state index is 12.2. The third kappa shape index (κ3) is 4.38. The van der Waals surface area contributed by atoms with Gasteiger partial charge in [0, 0.05) is 19.2 Å². The molecule has 0 radical (unpaired) electrons. The Bertz CT molecular complexity index is 1030. The fourth-order valence-electron chi connectivity index (χ4n) is 3.40. The average molecular weight is 394 g/mol. The second-order valence-corrected chi connectivity index (χ2v) is 6.86. The Morgan fingerprint density at radius 1 is 1.24 bits per heavy atom. The molecular weight excluding hydrogens is 372 g/mol. The Morgan fingerprint density at radius 3 is 2.86 bits per heavy atom. The summed E-state index contributed by atoms with van der Waals surface area (Å²) in [5.41, 5.74) is 2.42. The highest BCUT2D eigenvalue weighted by Crippen LogP contribution is 2.27. The smallest absolute Gasteiger partial charge is 0.258 e. The van der Waals surface area contributed by atoms with E-state index in [9.17, 15) is 9.59 Å². The number of anilines is 1. The molecule has 2 N–H and O–H groups in total. The number of rotatable bonds is 6. The first-order valence-corrected chi connectivity index (χ1v) is 9.41. The zero-order valence-electron chi connectivity index (χ0n) is 16.1. The number of aromatic nitrogens is 2. The third-order valence-corrected chi connectivity index (χ3v) is 4.64. The lowest BCUT2D eigenvalue weighted by Gasteiger charge is -2.26. The highest BCUT2D eigenvalue weighted by molar-refractivity contribution is 5.91. The second kappa shape index (κ2) is 8.32. The molecule has 3 aromatic rings. The van der Waals surface area contributed by atoms with Crippen LogP contribution in [0.2, 0.25) is 0 Å². The number of nitrogens with one attached hydrogen (secondary N) is 2. The first-order valence-electron chi connectivity index (χ1n) is 9.41. The van der Waals surface area contributed by atoms with E-state index in [-0.39, 0.29) is 24.5 Å². The second-order valence-electron chi connectivity index (χ2n) is 6.86. The highest BCUT2D eigenvalue weighted by Gasteiger charge is 2.24. The highest BCUT2D eigenvalue weighted by atomic mass is 16.5.